The van der Waals surface area contributed by atoms with Crippen molar-refractivity contribution in [1.29, 1.82) is 0 Å². The zero-order chi connectivity index (χ0) is 10.6. The lowest BCUT2D eigenvalue weighted by atomic mass is 10.2. The third-order valence-electron chi connectivity index (χ3n) is 1.66. The number of nitro groups is 1. The normalized spacial score (nSPS) is 12.4. The Kier molecular flexibility index (Phi) is 4.27. The zero-order valence-corrected chi connectivity index (χ0v) is 9.80. The van der Waals surface area contributed by atoms with E-state index >= 15 is 0 Å². The van der Waals surface area contributed by atoms with Crippen LogP contribution in [0.5, 0.6) is 0 Å². The highest BCUT2D eigenvalue weighted by molar-refractivity contribution is 14.1. The summed E-state index contributed by atoms with van der Waals surface area (Å²) in [6.45, 7) is 2.16. The summed E-state index contributed by atoms with van der Waals surface area (Å²) in [7, 11) is 0. The number of para-hydroxylation sites is 1. The van der Waals surface area contributed by atoms with Gasteiger partial charge in [0.1, 0.15) is 4.11 Å². The molecule has 1 atom stereocenters. The van der Waals surface area contributed by atoms with E-state index in [1.165, 1.54) is 6.07 Å². The molecule has 0 spiro atoms. The third kappa shape index (κ3) is 3.22. The van der Waals surface area contributed by atoms with Gasteiger partial charge in [-0.25, -0.2) is 0 Å². The van der Waals surface area contributed by atoms with E-state index in [4.69, 9.17) is 4.74 Å². The van der Waals surface area contributed by atoms with Gasteiger partial charge in [-0.15, -0.1) is 0 Å². The van der Waals surface area contributed by atoms with Gasteiger partial charge >= 0.3 is 0 Å². The highest BCUT2D eigenvalue weighted by Gasteiger charge is 2.12. The first kappa shape index (κ1) is 11.4. The lowest BCUT2D eigenvalue weighted by Crippen LogP contribution is -2.01. The standard InChI is InChI=1S/C9H10INO3/c1-7(10)14-6-8-4-2-3-5-9(8)11(12)13/h2-5,7H,6H2,1H3. The number of benzene rings is 1. The lowest BCUT2D eigenvalue weighted by Gasteiger charge is -2.06. The minimum Gasteiger partial charge on any atom is -0.363 e. The fourth-order valence-corrected chi connectivity index (χ4v) is 1.20. The first-order valence-corrected chi connectivity index (χ1v) is 5.34. The van der Waals surface area contributed by atoms with Crippen LogP contribution in [0.1, 0.15) is 12.5 Å². The van der Waals surface area contributed by atoms with Crippen LogP contribution < -0.4 is 0 Å². The monoisotopic (exact) mass is 307 g/mol. The molecule has 0 bridgehead atoms. The van der Waals surface area contributed by atoms with Gasteiger partial charge in [0.15, 0.2) is 0 Å². The van der Waals surface area contributed by atoms with Crippen LogP contribution in [0.2, 0.25) is 0 Å². The van der Waals surface area contributed by atoms with E-state index in [1.807, 2.05) is 6.92 Å². The smallest absolute Gasteiger partial charge is 0.274 e. The Morgan fingerprint density at radius 2 is 2.21 bits per heavy atom. The van der Waals surface area contributed by atoms with Gasteiger partial charge in [-0.1, -0.05) is 34.7 Å². The van der Waals surface area contributed by atoms with Crippen molar-refractivity contribution >= 4 is 28.3 Å². The molecule has 76 valence electrons. The molecule has 1 unspecified atom stereocenters. The summed E-state index contributed by atoms with van der Waals surface area (Å²) in [4.78, 5) is 10.2. The Hall–Kier alpha value is -0.690. The number of nitro benzene ring substituents is 1. The van der Waals surface area contributed by atoms with Crippen LogP contribution in [0.4, 0.5) is 5.69 Å². The Morgan fingerprint density at radius 3 is 2.79 bits per heavy atom. The molecule has 0 saturated heterocycles. The van der Waals surface area contributed by atoms with Crippen molar-refractivity contribution in [2.45, 2.75) is 17.6 Å². The zero-order valence-electron chi connectivity index (χ0n) is 7.64. The third-order valence-corrected chi connectivity index (χ3v) is 2.02. The molecule has 1 rings (SSSR count). The van der Waals surface area contributed by atoms with E-state index in [0.29, 0.717) is 5.56 Å². The first-order valence-electron chi connectivity index (χ1n) is 4.09. The summed E-state index contributed by atoms with van der Waals surface area (Å²) in [6.07, 6.45) is 0. The molecule has 0 amide bonds. The predicted octanol–water partition coefficient (Wildman–Crippen LogP) is 2.89. The van der Waals surface area contributed by atoms with Crippen LogP contribution in [-0.2, 0) is 11.3 Å². The quantitative estimate of drug-likeness (QED) is 0.372. The van der Waals surface area contributed by atoms with Crippen molar-refractivity contribution in [3.63, 3.8) is 0 Å². The molecular formula is C9H10INO3. The van der Waals surface area contributed by atoms with E-state index in [2.05, 4.69) is 22.6 Å². The molecule has 0 radical (unpaired) electrons. The van der Waals surface area contributed by atoms with Crippen molar-refractivity contribution in [1.82, 2.24) is 0 Å². The topological polar surface area (TPSA) is 52.4 Å². The SMILES string of the molecule is CC(I)OCc1ccccc1[N+](=O)[O-]. The van der Waals surface area contributed by atoms with Gasteiger partial charge in [0.25, 0.3) is 5.69 Å². The van der Waals surface area contributed by atoms with E-state index in [-0.39, 0.29) is 16.4 Å². The summed E-state index contributed by atoms with van der Waals surface area (Å²) in [5.74, 6) is 0. The molecule has 0 aromatic heterocycles. The van der Waals surface area contributed by atoms with Crippen molar-refractivity contribution < 1.29 is 9.66 Å². The Labute approximate surface area is 95.6 Å². The van der Waals surface area contributed by atoms with E-state index in [9.17, 15) is 10.1 Å². The summed E-state index contributed by atoms with van der Waals surface area (Å²) >= 11 is 2.11. The number of halogens is 1. The van der Waals surface area contributed by atoms with Crippen molar-refractivity contribution in [3.8, 4) is 0 Å². The average Bonchev–Trinajstić information content (AvgIpc) is 2.15. The van der Waals surface area contributed by atoms with Gasteiger partial charge in [-0.3, -0.25) is 10.1 Å². The highest BCUT2D eigenvalue weighted by Crippen LogP contribution is 2.19. The number of ether oxygens (including phenoxy) is 1. The highest BCUT2D eigenvalue weighted by atomic mass is 127. The molecular weight excluding hydrogens is 297 g/mol. The fraction of sp³-hybridized carbons (Fsp3) is 0.333. The Morgan fingerprint density at radius 1 is 1.57 bits per heavy atom. The predicted molar refractivity (Wildman–Crippen MR) is 61.4 cm³/mol. The number of rotatable bonds is 4. The molecule has 0 aliphatic carbocycles. The van der Waals surface area contributed by atoms with Gasteiger partial charge in [0.05, 0.1) is 17.1 Å². The van der Waals surface area contributed by atoms with Crippen molar-refractivity contribution in [3.05, 3.63) is 39.9 Å². The molecule has 1 aromatic rings. The second-order valence-electron chi connectivity index (χ2n) is 2.74. The molecule has 14 heavy (non-hydrogen) atoms. The largest absolute Gasteiger partial charge is 0.363 e. The lowest BCUT2D eigenvalue weighted by molar-refractivity contribution is -0.385. The summed E-state index contributed by atoms with van der Waals surface area (Å²) in [6, 6.07) is 6.60. The second-order valence-corrected chi connectivity index (χ2v) is 4.49. The summed E-state index contributed by atoms with van der Waals surface area (Å²) in [5.41, 5.74) is 0.727. The second kappa shape index (κ2) is 5.26. The van der Waals surface area contributed by atoms with Gasteiger partial charge < -0.3 is 4.74 Å². The molecule has 0 fully saturated rings. The van der Waals surface area contributed by atoms with E-state index < -0.39 is 4.92 Å². The molecule has 0 saturated carbocycles. The fourth-order valence-electron chi connectivity index (χ4n) is 1.02. The molecule has 0 aliphatic rings. The molecule has 0 N–H and O–H groups in total. The van der Waals surface area contributed by atoms with Crippen molar-refractivity contribution in [2.24, 2.45) is 0 Å². The maximum atomic E-state index is 10.6. The average molecular weight is 307 g/mol. The maximum absolute atomic E-state index is 10.6. The van der Waals surface area contributed by atoms with Gasteiger partial charge in [-0.2, -0.15) is 0 Å². The van der Waals surface area contributed by atoms with Crippen LogP contribution in [0.15, 0.2) is 24.3 Å². The first-order chi connectivity index (χ1) is 6.61. The molecule has 1 aromatic carbocycles. The van der Waals surface area contributed by atoms with Gasteiger partial charge in [0, 0.05) is 6.07 Å². The Balaban J connectivity index is 2.79. The molecule has 5 heteroatoms. The molecule has 4 nitrogen and oxygen atoms in total. The van der Waals surface area contributed by atoms with E-state index in [0.717, 1.165) is 0 Å². The molecule has 0 aliphatic heterocycles. The number of hydrogen-bond acceptors (Lipinski definition) is 3. The number of alkyl halides is 1. The molecule has 0 heterocycles. The number of nitrogens with zero attached hydrogens (tertiary/aromatic N) is 1. The van der Waals surface area contributed by atoms with E-state index in [1.54, 1.807) is 18.2 Å². The van der Waals surface area contributed by atoms with Crippen LogP contribution in [0, 0.1) is 10.1 Å². The van der Waals surface area contributed by atoms with Crippen LogP contribution in [0.3, 0.4) is 0 Å². The minimum absolute atomic E-state index is 0.0485. The minimum atomic E-state index is -0.392. The maximum Gasteiger partial charge on any atom is 0.274 e. The number of hydrogen-bond donors (Lipinski definition) is 0. The van der Waals surface area contributed by atoms with Gasteiger partial charge in [0.2, 0.25) is 0 Å². The van der Waals surface area contributed by atoms with Crippen LogP contribution in [0.25, 0.3) is 0 Å². The van der Waals surface area contributed by atoms with Gasteiger partial charge in [-0.05, 0) is 13.0 Å². The summed E-state index contributed by atoms with van der Waals surface area (Å²) < 4.78 is 5.35. The van der Waals surface area contributed by atoms with Crippen LogP contribution in [-0.4, -0.2) is 9.03 Å². The summed E-state index contributed by atoms with van der Waals surface area (Å²) in [5, 5.41) is 10.6. The van der Waals surface area contributed by atoms with Crippen LogP contribution >= 0.6 is 22.6 Å². The Bertz CT molecular complexity index is 328. The van der Waals surface area contributed by atoms with Crippen molar-refractivity contribution in [2.75, 3.05) is 0 Å².